The predicted molar refractivity (Wildman–Crippen MR) is 138 cm³/mol. The molecule has 0 spiro atoms. The van der Waals surface area contributed by atoms with E-state index in [1.807, 2.05) is 41.3 Å². The lowest BCUT2D eigenvalue weighted by atomic mass is 9.98. The number of anilines is 1. The standard InChI is InChI=1S/C26H33N9O/c1-18(2)21-17-31-35-25(21)32-23(14-24(36)28-15-19-8-11-27-12-9-19)33-26(35)29-16-20-6-3-4-7-22(20)34-13-5-10-30-34/h3-7,10,13,17-19,27H,8-9,11-12,14-16H2,1-2H3,(H,28,36)(H,29,32,33). The molecule has 3 N–H and O–H groups in total. The minimum Gasteiger partial charge on any atom is -0.355 e. The largest absolute Gasteiger partial charge is 0.355 e. The Bertz CT molecular complexity index is 1310. The zero-order valence-electron chi connectivity index (χ0n) is 20.8. The zero-order chi connectivity index (χ0) is 24.9. The number of hydrogen-bond acceptors (Lipinski definition) is 7. The van der Waals surface area contributed by atoms with E-state index in [1.165, 1.54) is 0 Å². The molecule has 3 aromatic heterocycles. The molecule has 1 amide bonds. The van der Waals surface area contributed by atoms with Gasteiger partial charge >= 0.3 is 0 Å². The van der Waals surface area contributed by atoms with Gasteiger partial charge in [0.05, 0.1) is 18.3 Å². The lowest BCUT2D eigenvalue weighted by molar-refractivity contribution is -0.120. The number of aromatic nitrogens is 6. The highest BCUT2D eigenvalue weighted by molar-refractivity contribution is 5.78. The summed E-state index contributed by atoms with van der Waals surface area (Å²) in [7, 11) is 0. The van der Waals surface area contributed by atoms with E-state index in [2.05, 4.69) is 46.1 Å². The van der Waals surface area contributed by atoms with Crippen LogP contribution < -0.4 is 16.0 Å². The van der Waals surface area contributed by atoms with Crippen LogP contribution >= 0.6 is 0 Å². The molecule has 10 nitrogen and oxygen atoms in total. The summed E-state index contributed by atoms with van der Waals surface area (Å²) in [6.45, 7) is 7.45. The van der Waals surface area contributed by atoms with Crippen molar-refractivity contribution in [3.63, 3.8) is 0 Å². The Morgan fingerprint density at radius 3 is 2.75 bits per heavy atom. The first-order valence-electron chi connectivity index (χ1n) is 12.6. The van der Waals surface area contributed by atoms with Crippen LogP contribution in [-0.4, -0.2) is 54.9 Å². The summed E-state index contributed by atoms with van der Waals surface area (Å²) in [5, 5.41) is 18.8. The van der Waals surface area contributed by atoms with Crippen molar-refractivity contribution in [3.8, 4) is 5.69 Å². The number of carbonyl (C=O) groups excluding carboxylic acids is 1. The van der Waals surface area contributed by atoms with Gasteiger partial charge in [0.25, 0.3) is 0 Å². The maximum absolute atomic E-state index is 12.8. The van der Waals surface area contributed by atoms with Gasteiger partial charge in [0.15, 0.2) is 5.65 Å². The van der Waals surface area contributed by atoms with E-state index in [9.17, 15) is 4.79 Å². The quantitative estimate of drug-likeness (QED) is 0.333. The second-order valence-electron chi connectivity index (χ2n) is 9.56. The molecule has 1 fully saturated rings. The van der Waals surface area contributed by atoms with Gasteiger partial charge in [-0.15, -0.1) is 0 Å². The van der Waals surface area contributed by atoms with Crippen LogP contribution in [0.25, 0.3) is 11.3 Å². The third-order valence-corrected chi connectivity index (χ3v) is 6.61. The van der Waals surface area contributed by atoms with E-state index in [1.54, 1.807) is 10.7 Å². The Morgan fingerprint density at radius 2 is 1.97 bits per heavy atom. The molecular weight excluding hydrogens is 454 g/mol. The number of para-hydroxylation sites is 1. The fraction of sp³-hybridized carbons (Fsp3) is 0.423. The monoisotopic (exact) mass is 487 g/mol. The van der Waals surface area contributed by atoms with Gasteiger partial charge in [-0.3, -0.25) is 4.79 Å². The maximum Gasteiger partial charge on any atom is 0.227 e. The molecule has 1 saturated heterocycles. The Kier molecular flexibility index (Phi) is 7.22. The summed E-state index contributed by atoms with van der Waals surface area (Å²) in [5.74, 6) is 1.75. The van der Waals surface area contributed by atoms with Crippen molar-refractivity contribution in [2.45, 2.75) is 45.6 Å². The van der Waals surface area contributed by atoms with E-state index in [0.717, 1.165) is 48.4 Å². The van der Waals surface area contributed by atoms with Gasteiger partial charge in [-0.05, 0) is 55.5 Å². The van der Waals surface area contributed by atoms with Crippen LogP contribution in [0.1, 0.15) is 49.6 Å². The normalized spacial score (nSPS) is 14.4. The van der Waals surface area contributed by atoms with E-state index < -0.39 is 0 Å². The number of nitrogens with one attached hydrogen (secondary N) is 3. The smallest absolute Gasteiger partial charge is 0.227 e. The molecule has 0 bridgehead atoms. The van der Waals surface area contributed by atoms with Crippen molar-refractivity contribution in [1.82, 2.24) is 40.0 Å². The van der Waals surface area contributed by atoms with E-state index in [-0.39, 0.29) is 18.2 Å². The minimum atomic E-state index is -0.0570. The third kappa shape index (κ3) is 5.38. The van der Waals surface area contributed by atoms with Gasteiger partial charge in [-0.2, -0.15) is 19.7 Å². The summed E-state index contributed by atoms with van der Waals surface area (Å²) in [5.41, 5.74) is 3.80. The number of amides is 1. The molecule has 0 radical (unpaired) electrons. The molecule has 0 atom stereocenters. The summed E-state index contributed by atoms with van der Waals surface area (Å²) in [4.78, 5) is 22.2. The first kappa shape index (κ1) is 23.9. The Labute approximate surface area is 210 Å². The van der Waals surface area contributed by atoms with Crippen LogP contribution in [-0.2, 0) is 17.8 Å². The van der Waals surface area contributed by atoms with Gasteiger partial charge in [0.2, 0.25) is 11.9 Å². The SMILES string of the molecule is CC(C)c1cnn2c(NCc3ccccc3-n3cccn3)nc(CC(=O)NCC3CCNCC3)nc12. The van der Waals surface area contributed by atoms with Gasteiger partial charge in [-0.1, -0.05) is 32.0 Å². The molecule has 10 heteroatoms. The van der Waals surface area contributed by atoms with Crippen molar-refractivity contribution in [1.29, 1.82) is 0 Å². The van der Waals surface area contributed by atoms with Crippen LogP contribution in [0.3, 0.4) is 0 Å². The van der Waals surface area contributed by atoms with E-state index in [0.29, 0.717) is 30.8 Å². The average Bonchev–Trinajstić information content (AvgIpc) is 3.57. The highest BCUT2D eigenvalue weighted by Gasteiger charge is 2.18. The van der Waals surface area contributed by atoms with Crippen LogP contribution in [0, 0.1) is 5.92 Å². The van der Waals surface area contributed by atoms with Crippen molar-refractivity contribution in [3.05, 3.63) is 65.9 Å². The lowest BCUT2D eigenvalue weighted by Crippen LogP contribution is -2.36. The Balaban J connectivity index is 1.37. The summed E-state index contributed by atoms with van der Waals surface area (Å²) < 4.78 is 3.57. The lowest BCUT2D eigenvalue weighted by Gasteiger charge is -2.22. The van der Waals surface area contributed by atoms with E-state index >= 15 is 0 Å². The molecule has 1 aliphatic rings. The highest BCUT2D eigenvalue weighted by Crippen LogP contribution is 2.22. The van der Waals surface area contributed by atoms with Gasteiger partial charge < -0.3 is 16.0 Å². The van der Waals surface area contributed by atoms with Crippen LogP contribution in [0.4, 0.5) is 5.95 Å². The fourth-order valence-corrected chi connectivity index (χ4v) is 4.56. The first-order valence-corrected chi connectivity index (χ1v) is 12.6. The number of piperidine rings is 1. The number of nitrogens with zero attached hydrogens (tertiary/aromatic N) is 6. The molecule has 0 aliphatic carbocycles. The van der Waals surface area contributed by atoms with Crippen molar-refractivity contribution in [2.75, 3.05) is 25.0 Å². The minimum absolute atomic E-state index is 0.0570. The molecule has 0 saturated carbocycles. The molecule has 1 aromatic carbocycles. The molecule has 4 heterocycles. The molecule has 1 aliphatic heterocycles. The molecule has 0 unspecified atom stereocenters. The molecule has 5 rings (SSSR count). The second-order valence-corrected chi connectivity index (χ2v) is 9.56. The maximum atomic E-state index is 12.8. The number of carbonyl (C=O) groups is 1. The average molecular weight is 488 g/mol. The number of benzene rings is 1. The molecule has 36 heavy (non-hydrogen) atoms. The number of hydrogen-bond donors (Lipinski definition) is 3. The van der Waals surface area contributed by atoms with Crippen LogP contribution in [0.2, 0.25) is 0 Å². The molecule has 4 aromatic rings. The molecule has 188 valence electrons. The van der Waals surface area contributed by atoms with Crippen LogP contribution in [0.15, 0.2) is 48.9 Å². The van der Waals surface area contributed by atoms with Gasteiger partial charge in [0.1, 0.15) is 5.82 Å². The van der Waals surface area contributed by atoms with Gasteiger partial charge in [0, 0.05) is 31.0 Å². The fourth-order valence-electron chi connectivity index (χ4n) is 4.56. The van der Waals surface area contributed by atoms with Gasteiger partial charge in [-0.25, -0.2) is 9.67 Å². The molecular formula is C26H33N9O. The highest BCUT2D eigenvalue weighted by atomic mass is 16.1. The first-order chi connectivity index (χ1) is 17.6. The van der Waals surface area contributed by atoms with Crippen molar-refractivity contribution in [2.24, 2.45) is 5.92 Å². The van der Waals surface area contributed by atoms with E-state index in [4.69, 9.17) is 9.97 Å². The van der Waals surface area contributed by atoms with Crippen molar-refractivity contribution >= 4 is 17.5 Å². The number of fused-ring (bicyclic) bond motifs is 1. The topological polar surface area (TPSA) is 114 Å². The number of rotatable bonds is 9. The second kappa shape index (κ2) is 10.9. The Morgan fingerprint density at radius 1 is 1.14 bits per heavy atom. The zero-order valence-corrected chi connectivity index (χ0v) is 20.8. The summed E-state index contributed by atoms with van der Waals surface area (Å²) >= 11 is 0. The Hall–Kier alpha value is -3.79. The third-order valence-electron chi connectivity index (χ3n) is 6.61. The summed E-state index contributed by atoms with van der Waals surface area (Å²) in [6.07, 6.45) is 7.82. The van der Waals surface area contributed by atoms with Crippen LogP contribution in [0.5, 0.6) is 0 Å². The van der Waals surface area contributed by atoms with Crippen molar-refractivity contribution < 1.29 is 4.79 Å². The predicted octanol–water partition coefficient (Wildman–Crippen LogP) is 2.70. The summed E-state index contributed by atoms with van der Waals surface area (Å²) in [6, 6.07) is 9.98.